The molecule has 0 spiro atoms. The molecular formula is C13H24N2O3S2. The van der Waals surface area contributed by atoms with E-state index < -0.39 is 10.0 Å². The largest absolute Gasteiger partial charge is 0.379 e. The summed E-state index contributed by atoms with van der Waals surface area (Å²) in [6, 6.07) is 0. The van der Waals surface area contributed by atoms with Gasteiger partial charge in [0, 0.05) is 25.2 Å². The summed E-state index contributed by atoms with van der Waals surface area (Å²) < 4.78 is 32.6. The van der Waals surface area contributed by atoms with E-state index in [2.05, 4.69) is 9.62 Å². The monoisotopic (exact) mass is 320 g/mol. The van der Waals surface area contributed by atoms with Crippen LogP contribution in [-0.2, 0) is 14.8 Å². The normalized spacial score (nSPS) is 28.4. The molecule has 1 saturated carbocycles. The lowest BCUT2D eigenvalue weighted by molar-refractivity contribution is -0.0242. The maximum Gasteiger partial charge on any atom is 0.214 e. The van der Waals surface area contributed by atoms with E-state index in [1.54, 1.807) is 0 Å². The van der Waals surface area contributed by atoms with Gasteiger partial charge in [-0.15, -0.1) is 0 Å². The highest BCUT2D eigenvalue weighted by atomic mass is 32.2. The number of morpholine rings is 1. The number of ether oxygens (including phenoxy) is 1. The molecule has 1 N–H and O–H groups in total. The molecule has 0 aromatic carbocycles. The first-order valence-electron chi connectivity index (χ1n) is 7.51. The fraction of sp³-hybridized carbons (Fsp3) is 1.00. The number of nitrogens with one attached hydrogen (secondary N) is 1. The Labute approximate surface area is 125 Å². The van der Waals surface area contributed by atoms with Crippen LogP contribution in [0.3, 0.4) is 0 Å². The van der Waals surface area contributed by atoms with E-state index in [-0.39, 0.29) is 10.8 Å². The van der Waals surface area contributed by atoms with Crippen molar-refractivity contribution in [2.24, 2.45) is 0 Å². The minimum absolute atomic E-state index is 0.0109. The molecule has 0 amide bonds. The number of hydrogen-bond acceptors (Lipinski definition) is 5. The van der Waals surface area contributed by atoms with Crippen LogP contribution in [0.4, 0.5) is 0 Å². The Morgan fingerprint density at radius 3 is 2.45 bits per heavy atom. The van der Waals surface area contributed by atoms with Crippen LogP contribution in [0.1, 0.15) is 25.7 Å². The predicted molar refractivity (Wildman–Crippen MR) is 81.6 cm³/mol. The average Bonchev–Trinajstić information content (AvgIpc) is 3.32. The summed E-state index contributed by atoms with van der Waals surface area (Å²) in [5.41, 5.74) is 0.0109. The van der Waals surface area contributed by atoms with Crippen molar-refractivity contribution in [1.82, 2.24) is 9.62 Å². The van der Waals surface area contributed by atoms with Crippen LogP contribution in [-0.4, -0.2) is 68.5 Å². The second-order valence-corrected chi connectivity index (χ2v) is 9.27. The van der Waals surface area contributed by atoms with Gasteiger partial charge >= 0.3 is 0 Å². The Hall–Kier alpha value is 0.180. The van der Waals surface area contributed by atoms with Crippen molar-refractivity contribution in [2.45, 2.75) is 36.5 Å². The molecule has 1 aliphatic carbocycles. The lowest BCUT2D eigenvalue weighted by atomic mass is 9.89. The summed E-state index contributed by atoms with van der Waals surface area (Å²) in [5, 5.41) is -0.123. The van der Waals surface area contributed by atoms with Crippen LogP contribution in [0.5, 0.6) is 0 Å². The standard InChI is InChI=1S/C13H24N2O3S2/c16-20(17,12-1-2-12)14-11-13(3-9-19-10-4-13)15-5-7-18-8-6-15/h12,14H,1-11H2. The fourth-order valence-electron chi connectivity index (χ4n) is 3.12. The van der Waals surface area contributed by atoms with Gasteiger partial charge in [0.05, 0.1) is 18.5 Å². The number of sulfonamides is 1. The molecule has 2 saturated heterocycles. The van der Waals surface area contributed by atoms with Crippen LogP contribution in [0, 0.1) is 0 Å². The van der Waals surface area contributed by atoms with Crippen molar-refractivity contribution >= 4 is 21.8 Å². The number of hydrogen-bond donors (Lipinski definition) is 1. The Balaban J connectivity index is 1.68. The summed E-state index contributed by atoms with van der Waals surface area (Å²) in [6.07, 6.45) is 3.81. The number of thioether (sulfide) groups is 1. The van der Waals surface area contributed by atoms with Crippen molar-refractivity contribution in [2.75, 3.05) is 44.4 Å². The average molecular weight is 320 g/mol. The van der Waals surface area contributed by atoms with Gasteiger partial charge in [0.1, 0.15) is 0 Å². The molecule has 0 aromatic rings. The van der Waals surface area contributed by atoms with Crippen molar-refractivity contribution in [1.29, 1.82) is 0 Å². The number of rotatable bonds is 5. The molecule has 2 aliphatic heterocycles. The zero-order valence-electron chi connectivity index (χ0n) is 11.8. The second-order valence-electron chi connectivity index (χ2n) is 6.00. The van der Waals surface area contributed by atoms with Gasteiger partial charge < -0.3 is 4.74 Å². The van der Waals surface area contributed by atoms with Crippen LogP contribution in [0.15, 0.2) is 0 Å². The summed E-state index contributed by atoms with van der Waals surface area (Å²) in [6.45, 7) is 3.96. The van der Waals surface area contributed by atoms with Crippen molar-refractivity contribution in [3.63, 3.8) is 0 Å². The quantitative estimate of drug-likeness (QED) is 0.807. The van der Waals surface area contributed by atoms with Crippen LogP contribution < -0.4 is 4.72 Å². The van der Waals surface area contributed by atoms with E-state index >= 15 is 0 Å². The molecule has 3 aliphatic rings. The molecule has 0 unspecified atom stereocenters. The molecule has 5 nitrogen and oxygen atoms in total. The molecule has 20 heavy (non-hydrogen) atoms. The molecule has 0 bridgehead atoms. The van der Waals surface area contributed by atoms with E-state index in [1.165, 1.54) is 0 Å². The van der Waals surface area contributed by atoms with E-state index in [9.17, 15) is 8.42 Å². The van der Waals surface area contributed by atoms with Crippen molar-refractivity contribution in [3.8, 4) is 0 Å². The fourth-order valence-corrected chi connectivity index (χ4v) is 5.84. The molecule has 116 valence electrons. The Bertz CT molecular complexity index is 425. The Kier molecular flexibility index (Phi) is 4.62. The first kappa shape index (κ1) is 15.1. The molecule has 0 radical (unpaired) electrons. The smallest absolute Gasteiger partial charge is 0.214 e. The highest BCUT2D eigenvalue weighted by Crippen LogP contribution is 2.34. The predicted octanol–water partition coefficient (Wildman–Crippen LogP) is 0.666. The Morgan fingerprint density at radius 2 is 1.85 bits per heavy atom. The van der Waals surface area contributed by atoms with Crippen molar-refractivity contribution < 1.29 is 13.2 Å². The zero-order valence-corrected chi connectivity index (χ0v) is 13.5. The highest BCUT2D eigenvalue weighted by molar-refractivity contribution is 7.99. The third-order valence-electron chi connectivity index (χ3n) is 4.67. The Morgan fingerprint density at radius 1 is 1.20 bits per heavy atom. The summed E-state index contributed by atoms with van der Waals surface area (Å²) in [4.78, 5) is 2.46. The molecular weight excluding hydrogens is 296 g/mol. The maximum atomic E-state index is 12.1. The third-order valence-corrected chi connectivity index (χ3v) is 7.55. The second kappa shape index (κ2) is 6.12. The van der Waals surface area contributed by atoms with Gasteiger partial charge in [-0.25, -0.2) is 13.1 Å². The van der Waals surface area contributed by atoms with E-state index in [0.717, 1.165) is 63.5 Å². The van der Waals surface area contributed by atoms with Gasteiger partial charge in [-0.3, -0.25) is 4.90 Å². The molecule has 3 fully saturated rings. The molecule has 7 heteroatoms. The minimum Gasteiger partial charge on any atom is -0.379 e. The van der Waals surface area contributed by atoms with Gasteiger partial charge in [-0.05, 0) is 37.2 Å². The maximum absolute atomic E-state index is 12.1. The topological polar surface area (TPSA) is 58.6 Å². The molecule has 0 atom stereocenters. The number of nitrogens with zero attached hydrogens (tertiary/aromatic N) is 1. The van der Waals surface area contributed by atoms with Gasteiger partial charge in [0.25, 0.3) is 0 Å². The SMILES string of the molecule is O=S(=O)(NCC1(N2CCOCC2)CCSCC1)C1CC1. The highest BCUT2D eigenvalue weighted by Gasteiger charge is 2.42. The molecule has 3 rings (SSSR count). The van der Waals surface area contributed by atoms with Crippen LogP contribution in [0.2, 0.25) is 0 Å². The summed E-state index contributed by atoms with van der Waals surface area (Å²) in [7, 11) is -3.08. The van der Waals surface area contributed by atoms with E-state index in [4.69, 9.17) is 4.74 Å². The first-order chi connectivity index (χ1) is 9.62. The zero-order chi connectivity index (χ0) is 14.1. The molecule has 2 heterocycles. The lowest BCUT2D eigenvalue weighted by Crippen LogP contribution is -2.60. The minimum atomic E-state index is -3.08. The first-order valence-corrected chi connectivity index (χ1v) is 10.2. The van der Waals surface area contributed by atoms with Crippen LogP contribution >= 0.6 is 11.8 Å². The summed E-state index contributed by atoms with van der Waals surface area (Å²) in [5.74, 6) is 2.25. The van der Waals surface area contributed by atoms with E-state index in [0.29, 0.717) is 6.54 Å². The summed E-state index contributed by atoms with van der Waals surface area (Å²) >= 11 is 1.98. The van der Waals surface area contributed by atoms with E-state index in [1.807, 2.05) is 11.8 Å². The molecule has 0 aromatic heterocycles. The lowest BCUT2D eigenvalue weighted by Gasteiger charge is -2.48. The van der Waals surface area contributed by atoms with Crippen LogP contribution in [0.25, 0.3) is 0 Å². The third kappa shape index (κ3) is 3.32. The van der Waals surface area contributed by atoms with Crippen molar-refractivity contribution in [3.05, 3.63) is 0 Å². The van der Waals surface area contributed by atoms with Gasteiger partial charge in [-0.2, -0.15) is 11.8 Å². The van der Waals surface area contributed by atoms with Gasteiger partial charge in [0.15, 0.2) is 0 Å². The van der Waals surface area contributed by atoms with Gasteiger partial charge in [0.2, 0.25) is 10.0 Å². The van der Waals surface area contributed by atoms with Gasteiger partial charge in [-0.1, -0.05) is 0 Å².